The van der Waals surface area contributed by atoms with Crippen LogP contribution in [0, 0.1) is 0 Å². The van der Waals surface area contributed by atoms with Gasteiger partial charge in [-0.25, -0.2) is 0 Å². The number of hydrogen-bond donors (Lipinski definition) is 0. The zero-order valence-electron chi connectivity index (χ0n) is 11.8. The van der Waals surface area contributed by atoms with Gasteiger partial charge in [-0.15, -0.1) is 6.58 Å². The van der Waals surface area contributed by atoms with Crippen molar-refractivity contribution in [2.75, 3.05) is 0 Å². The highest BCUT2D eigenvalue weighted by atomic mass is 28.3. The minimum atomic E-state index is -1.33. The highest BCUT2D eigenvalue weighted by Gasteiger charge is 2.41. The second kappa shape index (κ2) is 5.68. The Morgan fingerprint density at radius 2 is 1.76 bits per heavy atom. The van der Waals surface area contributed by atoms with Crippen molar-refractivity contribution in [2.45, 2.75) is 50.9 Å². The van der Waals surface area contributed by atoms with Crippen LogP contribution in [0.15, 0.2) is 43.0 Å². The number of allylic oxidation sites excluding steroid dienone is 1. The van der Waals surface area contributed by atoms with Gasteiger partial charge in [0, 0.05) is 5.04 Å². The maximum Gasteiger partial charge on any atom is 0.0604 e. The van der Waals surface area contributed by atoms with Gasteiger partial charge in [0.15, 0.2) is 0 Å². The lowest BCUT2D eigenvalue weighted by molar-refractivity contribution is 0.593. The summed E-state index contributed by atoms with van der Waals surface area (Å²) >= 11 is 0. The lowest BCUT2D eigenvalue weighted by Gasteiger charge is -2.42. The molecule has 1 unspecified atom stereocenters. The van der Waals surface area contributed by atoms with Crippen LogP contribution in [0.2, 0.25) is 19.6 Å². The summed E-state index contributed by atoms with van der Waals surface area (Å²) in [6, 6.07) is 11.0. The molecule has 0 amide bonds. The lowest BCUT2D eigenvalue weighted by atomic mass is 9.92. The molecule has 0 saturated heterocycles. The Morgan fingerprint density at radius 1 is 1.18 bits per heavy atom. The molecular weight excluding hydrogens is 220 g/mol. The molecule has 0 fully saturated rings. The lowest BCUT2D eigenvalue weighted by Crippen LogP contribution is -2.48. The molecule has 0 saturated carbocycles. The number of hydrogen-bond acceptors (Lipinski definition) is 0. The van der Waals surface area contributed by atoms with Gasteiger partial charge in [-0.2, -0.15) is 0 Å². The van der Waals surface area contributed by atoms with Gasteiger partial charge in [-0.3, -0.25) is 0 Å². The minimum absolute atomic E-state index is 0.226. The van der Waals surface area contributed by atoms with E-state index < -0.39 is 8.07 Å². The van der Waals surface area contributed by atoms with Gasteiger partial charge in [-0.05, 0) is 12.0 Å². The first-order valence-corrected chi connectivity index (χ1v) is 10.2. The molecule has 1 rings (SSSR count). The SMILES string of the molecule is C=CC(CCCC)(c1ccccc1)[Si](C)(C)C. The quantitative estimate of drug-likeness (QED) is 0.479. The first-order chi connectivity index (χ1) is 7.98. The molecule has 1 aromatic carbocycles. The Morgan fingerprint density at radius 3 is 2.18 bits per heavy atom. The zero-order valence-corrected chi connectivity index (χ0v) is 12.8. The predicted octanol–water partition coefficient (Wildman–Crippen LogP) is 5.18. The van der Waals surface area contributed by atoms with Crippen LogP contribution in [0.3, 0.4) is 0 Å². The van der Waals surface area contributed by atoms with Crippen LogP contribution >= 0.6 is 0 Å². The van der Waals surface area contributed by atoms with Crippen LogP contribution in [0.5, 0.6) is 0 Å². The fraction of sp³-hybridized carbons (Fsp3) is 0.500. The Bertz CT molecular complexity index is 348. The molecule has 0 aliphatic carbocycles. The molecule has 0 nitrogen and oxygen atoms in total. The fourth-order valence-corrected chi connectivity index (χ4v) is 5.24. The molecule has 1 aromatic rings. The molecule has 0 aromatic heterocycles. The van der Waals surface area contributed by atoms with Crippen molar-refractivity contribution in [3.63, 3.8) is 0 Å². The summed E-state index contributed by atoms with van der Waals surface area (Å²) < 4.78 is 0. The summed E-state index contributed by atoms with van der Waals surface area (Å²) in [5.74, 6) is 0. The van der Waals surface area contributed by atoms with E-state index in [0.29, 0.717) is 0 Å². The van der Waals surface area contributed by atoms with Gasteiger partial charge in [0.1, 0.15) is 0 Å². The average Bonchev–Trinajstić information content (AvgIpc) is 2.30. The van der Waals surface area contributed by atoms with E-state index in [4.69, 9.17) is 0 Å². The number of benzene rings is 1. The van der Waals surface area contributed by atoms with Crippen molar-refractivity contribution >= 4 is 8.07 Å². The van der Waals surface area contributed by atoms with Crippen molar-refractivity contribution in [3.05, 3.63) is 48.6 Å². The Balaban J connectivity index is 3.22. The van der Waals surface area contributed by atoms with Crippen LogP contribution in [0.4, 0.5) is 0 Å². The normalized spacial score (nSPS) is 15.3. The molecule has 0 radical (unpaired) electrons. The second-order valence-corrected chi connectivity index (χ2v) is 11.3. The second-order valence-electron chi connectivity index (χ2n) is 5.90. The monoisotopic (exact) mass is 246 g/mol. The maximum absolute atomic E-state index is 4.16. The van der Waals surface area contributed by atoms with Crippen LogP contribution in [-0.4, -0.2) is 8.07 Å². The predicted molar refractivity (Wildman–Crippen MR) is 81.2 cm³/mol. The number of rotatable bonds is 6. The third kappa shape index (κ3) is 2.89. The van der Waals surface area contributed by atoms with Crippen LogP contribution in [-0.2, 0) is 5.04 Å². The molecule has 17 heavy (non-hydrogen) atoms. The minimum Gasteiger partial charge on any atom is -0.102 e. The highest BCUT2D eigenvalue weighted by molar-refractivity contribution is 6.79. The molecule has 1 heteroatoms. The van der Waals surface area contributed by atoms with E-state index >= 15 is 0 Å². The molecular formula is C16H26Si. The molecule has 1 atom stereocenters. The van der Waals surface area contributed by atoms with E-state index in [-0.39, 0.29) is 5.04 Å². The molecule has 0 spiro atoms. The topological polar surface area (TPSA) is 0 Å². The summed E-state index contributed by atoms with van der Waals surface area (Å²) in [5.41, 5.74) is 1.46. The van der Waals surface area contributed by atoms with Crippen molar-refractivity contribution in [1.82, 2.24) is 0 Å². The van der Waals surface area contributed by atoms with E-state index in [1.807, 2.05) is 0 Å². The average molecular weight is 246 g/mol. The Hall–Kier alpha value is -0.823. The zero-order chi connectivity index (χ0) is 12.9. The first-order valence-electron chi connectivity index (χ1n) is 6.67. The van der Waals surface area contributed by atoms with Crippen molar-refractivity contribution in [2.24, 2.45) is 0 Å². The van der Waals surface area contributed by atoms with E-state index in [9.17, 15) is 0 Å². The van der Waals surface area contributed by atoms with Gasteiger partial charge in [0.25, 0.3) is 0 Å². The Kier molecular flexibility index (Phi) is 4.76. The van der Waals surface area contributed by atoms with E-state index in [2.05, 4.69) is 69.6 Å². The van der Waals surface area contributed by atoms with Crippen LogP contribution < -0.4 is 0 Å². The van der Waals surface area contributed by atoms with Crippen LogP contribution in [0.1, 0.15) is 31.7 Å². The van der Waals surface area contributed by atoms with Crippen molar-refractivity contribution < 1.29 is 0 Å². The maximum atomic E-state index is 4.16. The van der Waals surface area contributed by atoms with E-state index in [0.717, 1.165) is 0 Å². The number of unbranched alkanes of at least 4 members (excludes halogenated alkanes) is 1. The first kappa shape index (κ1) is 14.2. The van der Waals surface area contributed by atoms with Gasteiger partial charge >= 0.3 is 0 Å². The summed E-state index contributed by atoms with van der Waals surface area (Å²) in [5, 5.41) is 0.226. The fourth-order valence-electron chi connectivity index (χ4n) is 2.67. The van der Waals surface area contributed by atoms with Crippen molar-refractivity contribution in [1.29, 1.82) is 0 Å². The smallest absolute Gasteiger partial charge is 0.0604 e. The molecule has 0 bridgehead atoms. The van der Waals surface area contributed by atoms with Gasteiger partial charge in [-0.1, -0.05) is 75.8 Å². The molecule has 94 valence electrons. The van der Waals surface area contributed by atoms with E-state index in [1.54, 1.807) is 0 Å². The van der Waals surface area contributed by atoms with Gasteiger partial charge in [0.05, 0.1) is 8.07 Å². The molecule has 0 aliphatic rings. The van der Waals surface area contributed by atoms with Crippen LogP contribution in [0.25, 0.3) is 0 Å². The molecule has 0 aliphatic heterocycles. The summed E-state index contributed by atoms with van der Waals surface area (Å²) in [7, 11) is -1.33. The molecule has 0 N–H and O–H groups in total. The largest absolute Gasteiger partial charge is 0.102 e. The Labute approximate surface area is 108 Å². The highest BCUT2D eigenvalue weighted by Crippen LogP contribution is 2.40. The van der Waals surface area contributed by atoms with Crippen molar-refractivity contribution in [3.8, 4) is 0 Å². The van der Waals surface area contributed by atoms with E-state index in [1.165, 1.54) is 24.8 Å². The third-order valence-corrected chi connectivity index (χ3v) is 7.32. The van der Waals surface area contributed by atoms with Gasteiger partial charge in [0.2, 0.25) is 0 Å². The molecule has 0 heterocycles. The summed E-state index contributed by atoms with van der Waals surface area (Å²) in [6.07, 6.45) is 6.01. The summed E-state index contributed by atoms with van der Waals surface area (Å²) in [6.45, 7) is 13.8. The van der Waals surface area contributed by atoms with Gasteiger partial charge < -0.3 is 0 Å². The summed E-state index contributed by atoms with van der Waals surface area (Å²) in [4.78, 5) is 0. The third-order valence-electron chi connectivity index (χ3n) is 3.90. The standard InChI is InChI=1S/C16H26Si/c1-6-8-14-16(7-2,17(3,4)5)15-12-10-9-11-13-15/h7,9-13H,2,6,8,14H2,1,3-5H3.